The third-order valence-corrected chi connectivity index (χ3v) is 2.95. The lowest BCUT2D eigenvalue weighted by Gasteiger charge is -2.06. The van der Waals surface area contributed by atoms with Crippen LogP contribution in [0.15, 0.2) is 34.9 Å². The SMILES string of the molecule is COc1ccc(Cn2ccc(C)n2)cc1Br. The van der Waals surface area contributed by atoms with E-state index >= 15 is 0 Å². The molecule has 1 aromatic heterocycles. The van der Waals surface area contributed by atoms with E-state index in [0.717, 1.165) is 22.5 Å². The van der Waals surface area contributed by atoms with Crippen molar-refractivity contribution in [1.82, 2.24) is 9.78 Å². The molecule has 2 aromatic rings. The van der Waals surface area contributed by atoms with Gasteiger partial charge in [0, 0.05) is 6.20 Å². The van der Waals surface area contributed by atoms with Crippen LogP contribution in [0.5, 0.6) is 5.75 Å². The predicted octanol–water partition coefficient (Wildman–Crippen LogP) is 3.01. The number of hydrogen-bond donors (Lipinski definition) is 0. The van der Waals surface area contributed by atoms with Crippen LogP contribution in [0.1, 0.15) is 11.3 Å². The van der Waals surface area contributed by atoms with Crippen molar-refractivity contribution in [2.75, 3.05) is 7.11 Å². The van der Waals surface area contributed by atoms with Crippen molar-refractivity contribution < 1.29 is 4.74 Å². The van der Waals surface area contributed by atoms with Crippen molar-refractivity contribution in [2.45, 2.75) is 13.5 Å². The van der Waals surface area contributed by atoms with Gasteiger partial charge in [-0.25, -0.2) is 0 Å². The van der Waals surface area contributed by atoms with E-state index in [1.54, 1.807) is 7.11 Å². The average Bonchev–Trinajstić information content (AvgIpc) is 2.64. The van der Waals surface area contributed by atoms with Crippen LogP contribution in [0.2, 0.25) is 0 Å². The Morgan fingerprint density at radius 2 is 2.19 bits per heavy atom. The summed E-state index contributed by atoms with van der Waals surface area (Å²) < 4.78 is 8.07. The van der Waals surface area contributed by atoms with Gasteiger partial charge in [-0.05, 0) is 46.6 Å². The van der Waals surface area contributed by atoms with E-state index in [1.165, 1.54) is 5.56 Å². The first-order chi connectivity index (χ1) is 7.69. The maximum atomic E-state index is 5.18. The second kappa shape index (κ2) is 4.70. The molecule has 0 radical (unpaired) electrons. The van der Waals surface area contributed by atoms with Crippen LogP contribution in [0.4, 0.5) is 0 Å². The molecular weight excluding hydrogens is 268 g/mol. The average molecular weight is 281 g/mol. The number of benzene rings is 1. The topological polar surface area (TPSA) is 27.1 Å². The third kappa shape index (κ3) is 2.44. The summed E-state index contributed by atoms with van der Waals surface area (Å²) in [6.07, 6.45) is 1.98. The van der Waals surface area contributed by atoms with Crippen LogP contribution in [-0.4, -0.2) is 16.9 Å². The highest BCUT2D eigenvalue weighted by Crippen LogP contribution is 2.25. The van der Waals surface area contributed by atoms with Crippen LogP contribution in [0, 0.1) is 6.92 Å². The Bertz CT molecular complexity index is 494. The number of hydrogen-bond acceptors (Lipinski definition) is 2. The maximum Gasteiger partial charge on any atom is 0.133 e. The van der Waals surface area contributed by atoms with Gasteiger partial charge in [0.1, 0.15) is 5.75 Å². The first-order valence-corrected chi connectivity index (χ1v) is 5.81. The lowest BCUT2D eigenvalue weighted by atomic mass is 10.2. The summed E-state index contributed by atoms with van der Waals surface area (Å²) >= 11 is 3.47. The zero-order valence-electron chi connectivity index (χ0n) is 9.27. The number of nitrogens with zero attached hydrogens (tertiary/aromatic N) is 2. The molecule has 0 atom stereocenters. The minimum Gasteiger partial charge on any atom is -0.496 e. The Kier molecular flexibility index (Phi) is 3.29. The van der Waals surface area contributed by atoms with Crippen LogP contribution in [-0.2, 0) is 6.54 Å². The van der Waals surface area contributed by atoms with E-state index in [0.29, 0.717) is 0 Å². The van der Waals surface area contributed by atoms with Crippen LogP contribution < -0.4 is 4.74 Å². The summed E-state index contributed by atoms with van der Waals surface area (Å²) in [5, 5.41) is 4.35. The van der Waals surface area contributed by atoms with Gasteiger partial charge in [-0.15, -0.1) is 0 Å². The molecule has 0 bridgehead atoms. The van der Waals surface area contributed by atoms with E-state index in [4.69, 9.17) is 4.74 Å². The molecular formula is C12H13BrN2O. The normalized spacial score (nSPS) is 10.4. The van der Waals surface area contributed by atoms with Gasteiger partial charge >= 0.3 is 0 Å². The lowest BCUT2D eigenvalue weighted by Crippen LogP contribution is -2.00. The maximum absolute atomic E-state index is 5.18. The Morgan fingerprint density at radius 1 is 1.38 bits per heavy atom. The fourth-order valence-corrected chi connectivity index (χ4v) is 2.13. The summed E-state index contributed by atoms with van der Waals surface area (Å²) in [5.41, 5.74) is 2.23. The quantitative estimate of drug-likeness (QED) is 0.864. The fraction of sp³-hybridized carbons (Fsp3) is 0.250. The fourth-order valence-electron chi connectivity index (χ4n) is 1.55. The highest BCUT2D eigenvalue weighted by molar-refractivity contribution is 9.10. The first-order valence-electron chi connectivity index (χ1n) is 5.01. The van der Waals surface area contributed by atoms with Gasteiger partial charge < -0.3 is 4.74 Å². The number of aryl methyl sites for hydroxylation is 1. The molecule has 16 heavy (non-hydrogen) atoms. The third-order valence-electron chi connectivity index (χ3n) is 2.33. The van der Waals surface area contributed by atoms with Gasteiger partial charge in [0.15, 0.2) is 0 Å². The molecule has 0 fully saturated rings. The van der Waals surface area contributed by atoms with Crippen molar-refractivity contribution in [1.29, 1.82) is 0 Å². The highest BCUT2D eigenvalue weighted by atomic mass is 79.9. The zero-order chi connectivity index (χ0) is 11.5. The van der Waals surface area contributed by atoms with Crippen LogP contribution in [0.25, 0.3) is 0 Å². The molecule has 2 rings (SSSR count). The van der Waals surface area contributed by atoms with Crippen LogP contribution >= 0.6 is 15.9 Å². The van der Waals surface area contributed by atoms with Gasteiger partial charge in [0.25, 0.3) is 0 Å². The van der Waals surface area contributed by atoms with Crippen molar-refractivity contribution in [3.05, 3.63) is 46.2 Å². The summed E-state index contributed by atoms with van der Waals surface area (Å²) in [7, 11) is 1.66. The lowest BCUT2D eigenvalue weighted by molar-refractivity contribution is 0.412. The number of rotatable bonds is 3. The van der Waals surface area contributed by atoms with E-state index in [-0.39, 0.29) is 0 Å². The van der Waals surface area contributed by atoms with Gasteiger partial charge in [-0.1, -0.05) is 6.07 Å². The molecule has 0 saturated heterocycles. The second-order valence-electron chi connectivity index (χ2n) is 3.62. The largest absolute Gasteiger partial charge is 0.496 e. The van der Waals surface area contributed by atoms with Gasteiger partial charge in [0.05, 0.1) is 23.8 Å². The molecule has 0 N–H and O–H groups in total. The molecule has 84 valence electrons. The van der Waals surface area contributed by atoms with Crippen molar-refractivity contribution in [2.24, 2.45) is 0 Å². The molecule has 0 amide bonds. The standard InChI is InChI=1S/C12H13BrN2O/c1-9-5-6-15(14-9)8-10-3-4-12(16-2)11(13)7-10/h3-7H,8H2,1-2H3. The van der Waals surface area contributed by atoms with Crippen molar-refractivity contribution in [3.8, 4) is 5.75 Å². The molecule has 1 heterocycles. The Morgan fingerprint density at radius 3 is 2.75 bits per heavy atom. The summed E-state index contributed by atoms with van der Waals surface area (Å²) in [4.78, 5) is 0. The van der Waals surface area contributed by atoms with E-state index in [2.05, 4.69) is 27.1 Å². The van der Waals surface area contributed by atoms with Gasteiger partial charge in [-0.2, -0.15) is 5.10 Å². The Hall–Kier alpha value is -1.29. The summed E-state index contributed by atoms with van der Waals surface area (Å²) in [6.45, 7) is 2.76. The van der Waals surface area contributed by atoms with Crippen molar-refractivity contribution >= 4 is 15.9 Å². The predicted molar refractivity (Wildman–Crippen MR) is 66.8 cm³/mol. The molecule has 0 aliphatic heterocycles. The van der Waals surface area contributed by atoms with E-state index in [1.807, 2.05) is 36.0 Å². The molecule has 3 nitrogen and oxygen atoms in total. The number of ether oxygens (including phenoxy) is 1. The Balaban J connectivity index is 2.19. The summed E-state index contributed by atoms with van der Waals surface area (Å²) in [5.74, 6) is 0.848. The van der Waals surface area contributed by atoms with E-state index in [9.17, 15) is 0 Å². The first kappa shape index (κ1) is 11.2. The van der Waals surface area contributed by atoms with Crippen LogP contribution in [0.3, 0.4) is 0 Å². The van der Waals surface area contributed by atoms with Gasteiger partial charge in [-0.3, -0.25) is 4.68 Å². The summed E-state index contributed by atoms with van der Waals surface area (Å²) in [6, 6.07) is 8.05. The number of aromatic nitrogens is 2. The molecule has 0 saturated carbocycles. The molecule has 0 spiro atoms. The molecule has 1 aromatic carbocycles. The second-order valence-corrected chi connectivity index (χ2v) is 4.48. The minimum atomic E-state index is 0.774. The molecule has 0 unspecified atom stereocenters. The van der Waals surface area contributed by atoms with Gasteiger partial charge in [0.2, 0.25) is 0 Å². The molecule has 0 aliphatic rings. The number of methoxy groups -OCH3 is 1. The molecule has 0 aliphatic carbocycles. The molecule has 4 heteroatoms. The van der Waals surface area contributed by atoms with E-state index < -0.39 is 0 Å². The zero-order valence-corrected chi connectivity index (χ0v) is 10.9. The Labute approximate surface area is 103 Å². The van der Waals surface area contributed by atoms with Crippen molar-refractivity contribution in [3.63, 3.8) is 0 Å². The smallest absolute Gasteiger partial charge is 0.133 e. The highest BCUT2D eigenvalue weighted by Gasteiger charge is 2.02. The monoisotopic (exact) mass is 280 g/mol. The number of halogens is 1. The minimum absolute atomic E-state index is 0.774.